The molecule has 0 radical (unpaired) electrons. The molecule has 1 saturated heterocycles. The molecule has 0 spiro atoms. The minimum absolute atomic E-state index is 0.190. The zero-order chi connectivity index (χ0) is 14.6. The number of likely N-dealkylation sites (tertiary alicyclic amines) is 1. The molecular weight excluding hydrogens is 254 g/mol. The highest BCUT2D eigenvalue weighted by Crippen LogP contribution is 2.32. The number of likely N-dealkylation sites (N-methyl/N-ethyl adjacent to an activating group) is 1. The molecule has 3 unspecified atom stereocenters. The fourth-order valence-corrected chi connectivity index (χ4v) is 3.86. The van der Waals surface area contributed by atoms with Crippen LogP contribution in [-0.4, -0.2) is 55.2 Å². The Hall–Kier alpha value is -0.650. The fraction of sp³-hybridized carbons (Fsp3) is 0.933. The van der Waals surface area contributed by atoms with E-state index in [1.54, 1.807) is 7.11 Å². The predicted octanol–water partition coefficient (Wildman–Crippen LogP) is 0.873. The van der Waals surface area contributed by atoms with E-state index in [0.29, 0.717) is 12.1 Å². The number of nitrogens with zero attached hydrogens (tertiary/aromatic N) is 1. The molecule has 1 saturated carbocycles. The summed E-state index contributed by atoms with van der Waals surface area (Å²) in [7, 11) is 1.79. The number of amides is 1. The van der Waals surface area contributed by atoms with Crippen molar-refractivity contribution in [3.8, 4) is 0 Å². The van der Waals surface area contributed by atoms with Crippen LogP contribution in [0.3, 0.4) is 0 Å². The average Bonchev–Trinajstić information content (AvgIpc) is 2.48. The van der Waals surface area contributed by atoms with E-state index in [0.717, 1.165) is 51.7 Å². The summed E-state index contributed by atoms with van der Waals surface area (Å²) >= 11 is 0. The van der Waals surface area contributed by atoms with Crippen LogP contribution in [0.4, 0.5) is 0 Å². The molecule has 5 nitrogen and oxygen atoms in total. The number of carbonyl (C=O) groups is 1. The van der Waals surface area contributed by atoms with Gasteiger partial charge in [-0.25, -0.2) is 0 Å². The lowest BCUT2D eigenvalue weighted by molar-refractivity contribution is -0.127. The Labute approximate surface area is 122 Å². The molecule has 1 aliphatic heterocycles. The third-order valence-electron chi connectivity index (χ3n) is 4.97. The van der Waals surface area contributed by atoms with Crippen LogP contribution < -0.4 is 11.1 Å². The number of ether oxygens (including phenoxy) is 1. The van der Waals surface area contributed by atoms with Crippen LogP contribution in [0.15, 0.2) is 0 Å². The Kier molecular flexibility index (Phi) is 5.41. The maximum absolute atomic E-state index is 11.9. The Morgan fingerprint density at radius 2 is 2.25 bits per heavy atom. The molecule has 0 aromatic carbocycles. The van der Waals surface area contributed by atoms with Crippen molar-refractivity contribution in [2.24, 2.45) is 5.73 Å². The van der Waals surface area contributed by atoms with Gasteiger partial charge in [-0.2, -0.15) is 0 Å². The first kappa shape index (κ1) is 15.7. The van der Waals surface area contributed by atoms with Gasteiger partial charge in [0.05, 0.1) is 11.6 Å². The highest BCUT2D eigenvalue weighted by atomic mass is 16.5. The van der Waals surface area contributed by atoms with Crippen LogP contribution in [0.25, 0.3) is 0 Å². The van der Waals surface area contributed by atoms with Crippen molar-refractivity contribution in [1.29, 1.82) is 0 Å². The molecule has 116 valence electrons. The topological polar surface area (TPSA) is 67.6 Å². The molecular formula is C15H29N3O2. The number of rotatable bonds is 5. The molecule has 2 rings (SSSR count). The van der Waals surface area contributed by atoms with Gasteiger partial charge in [0, 0.05) is 19.7 Å². The average molecular weight is 283 g/mol. The van der Waals surface area contributed by atoms with Crippen LogP contribution in [0.1, 0.15) is 45.4 Å². The molecule has 2 fully saturated rings. The van der Waals surface area contributed by atoms with E-state index in [-0.39, 0.29) is 5.91 Å². The Balaban J connectivity index is 2.03. The number of piperidine rings is 1. The second-order valence-electron chi connectivity index (χ2n) is 6.22. The number of methoxy groups -OCH3 is 1. The molecule has 0 aromatic heterocycles. The third-order valence-corrected chi connectivity index (χ3v) is 4.97. The van der Waals surface area contributed by atoms with Gasteiger partial charge < -0.3 is 15.8 Å². The number of hydrogen-bond acceptors (Lipinski definition) is 4. The number of nitrogens with two attached hydrogens (primary N) is 1. The summed E-state index contributed by atoms with van der Waals surface area (Å²) in [5.74, 6) is -0.190. The normalized spacial score (nSPS) is 35.9. The molecule has 5 heteroatoms. The molecule has 3 atom stereocenters. The lowest BCUT2D eigenvalue weighted by atomic mass is 9.77. The zero-order valence-corrected chi connectivity index (χ0v) is 12.9. The molecule has 1 amide bonds. The summed E-state index contributed by atoms with van der Waals surface area (Å²) in [5.41, 5.74) is 5.19. The lowest BCUT2D eigenvalue weighted by Gasteiger charge is -2.45. The van der Waals surface area contributed by atoms with Gasteiger partial charge >= 0.3 is 0 Å². The number of hydrogen-bond donors (Lipinski definition) is 2. The monoisotopic (exact) mass is 283 g/mol. The smallest absolute Gasteiger partial charge is 0.237 e. The van der Waals surface area contributed by atoms with Gasteiger partial charge in [0.2, 0.25) is 5.91 Å². The lowest BCUT2D eigenvalue weighted by Crippen LogP contribution is -2.61. The number of primary amides is 1. The van der Waals surface area contributed by atoms with E-state index >= 15 is 0 Å². The van der Waals surface area contributed by atoms with Gasteiger partial charge in [0.15, 0.2) is 0 Å². The molecule has 0 bridgehead atoms. The predicted molar refractivity (Wildman–Crippen MR) is 79.5 cm³/mol. The van der Waals surface area contributed by atoms with E-state index in [4.69, 9.17) is 10.5 Å². The van der Waals surface area contributed by atoms with Crippen LogP contribution in [-0.2, 0) is 9.53 Å². The standard InChI is InChI=1S/C15H29N3O2/c1-3-17-15(14(16)19)8-4-6-12(10-15)18-9-5-7-13(11-18)20-2/h12-13,17H,3-11H2,1-2H3,(H2,16,19). The molecule has 3 N–H and O–H groups in total. The van der Waals surface area contributed by atoms with Crippen molar-refractivity contribution in [3.63, 3.8) is 0 Å². The summed E-state index contributed by atoms with van der Waals surface area (Å²) in [6.07, 6.45) is 6.60. The minimum atomic E-state index is -0.502. The number of nitrogens with one attached hydrogen (secondary N) is 1. The van der Waals surface area contributed by atoms with Gasteiger partial charge in [-0.05, 0) is 51.6 Å². The second kappa shape index (κ2) is 6.87. The van der Waals surface area contributed by atoms with E-state index in [1.807, 2.05) is 6.92 Å². The van der Waals surface area contributed by atoms with Gasteiger partial charge in [-0.15, -0.1) is 0 Å². The van der Waals surface area contributed by atoms with Gasteiger partial charge in [0.25, 0.3) is 0 Å². The maximum Gasteiger partial charge on any atom is 0.237 e. The molecule has 1 aliphatic carbocycles. The van der Waals surface area contributed by atoms with Crippen molar-refractivity contribution < 1.29 is 9.53 Å². The summed E-state index contributed by atoms with van der Waals surface area (Å²) < 4.78 is 5.51. The molecule has 2 aliphatic rings. The van der Waals surface area contributed by atoms with Crippen LogP contribution >= 0.6 is 0 Å². The number of carbonyl (C=O) groups excluding carboxylic acids is 1. The van der Waals surface area contributed by atoms with Crippen LogP contribution in [0.2, 0.25) is 0 Å². The quantitative estimate of drug-likeness (QED) is 0.786. The largest absolute Gasteiger partial charge is 0.380 e. The van der Waals surface area contributed by atoms with E-state index in [9.17, 15) is 4.79 Å². The van der Waals surface area contributed by atoms with E-state index in [1.165, 1.54) is 6.42 Å². The van der Waals surface area contributed by atoms with Crippen molar-refractivity contribution in [2.75, 3.05) is 26.7 Å². The SMILES string of the molecule is CCNC1(C(N)=O)CCCC(N2CCCC(OC)C2)C1. The Morgan fingerprint density at radius 3 is 2.90 bits per heavy atom. The third kappa shape index (κ3) is 3.32. The molecule has 1 heterocycles. The summed E-state index contributed by atoms with van der Waals surface area (Å²) in [6.45, 7) is 4.93. The first-order chi connectivity index (χ1) is 9.61. The van der Waals surface area contributed by atoms with Crippen LogP contribution in [0.5, 0.6) is 0 Å². The first-order valence-corrected chi connectivity index (χ1v) is 7.93. The fourth-order valence-electron chi connectivity index (χ4n) is 3.86. The van der Waals surface area contributed by atoms with Crippen molar-refractivity contribution in [2.45, 2.75) is 63.1 Å². The molecule has 0 aromatic rings. The zero-order valence-electron chi connectivity index (χ0n) is 12.9. The van der Waals surface area contributed by atoms with Gasteiger partial charge in [-0.3, -0.25) is 9.69 Å². The summed E-state index contributed by atoms with van der Waals surface area (Å²) in [4.78, 5) is 14.4. The second-order valence-corrected chi connectivity index (χ2v) is 6.22. The van der Waals surface area contributed by atoms with Crippen LogP contribution in [0, 0.1) is 0 Å². The first-order valence-electron chi connectivity index (χ1n) is 7.93. The van der Waals surface area contributed by atoms with Crippen molar-refractivity contribution in [1.82, 2.24) is 10.2 Å². The maximum atomic E-state index is 11.9. The van der Waals surface area contributed by atoms with Gasteiger partial charge in [0.1, 0.15) is 0 Å². The van der Waals surface area contributed by atoms with Gasteiger partial charge in [-0.1, -0.05) is 6.92 Å². The summed E-state index contributed by atoms with van der Waals surface area (Å²) in [6, 6.07) is 0.452. The molecule has 20 heavy (non-hydrogen) atoms. The Bertz CT molecular complexity index is 333. The minimum Gasteiger partial charge on any atom is -0.380 e. The Morgan fingerprint density at radius 1 is 1.45 bits per heavy atom. The van der Waals surface area contributed by atoms with Crippen molar-refractivity contribution in [3.05, 3.63) is 0 Å². The van der Waals surface area contributed by atoms with E-state index < -0.39 is 5.54 Å². The van der Waals surface area contributed by atoms with E-state index in [2.05, 4.69) is 10.2 Å². The van der Waals surface area contributed by atoms with Crippen molar-refractivity contribution >= 4 is 5.91 Å². The summed E-state index contributed by atoms with van der Waals surface area (Å²) in [5, 5.41) is 3.36. The highest BCUT2D eigenvalue weighted by Gasteiger charge is 2.42. The highest BCUT2D eigenvalue weighted by molar-refractivity contribution is 5.84.